The zero-order valence-electron chi connectivity index (χ0n) is 18.6. The highest BCUT2D eigenvalue weighted by Gasteiger charge is 2.37. The second kappa shape index (κ2) is 10.5. The summed E-state index contributed by atoms with van der Waals surface area (Å²) in [5, 5.41) is 13.6. The number of aromatic nitrogens is 2. The Kier molecular flexibility index (Phi) is 7.98. The minimum absolute atomic E-state index is 0.0629. The van der Waals surface area contributed by atoms with E-state index in [0.717, 1.165) is 14.1 Å². The van der Waals surface area contributed by atoms with Crippen molar-refractivity contribution < 1.29 is 27.2 Å². The molecule has 33 heavy (non-hydrogen) atoms. The van der Waals surface area contributed by atoms with Crippen LogP contribution in [0, 0.1) is 12.8 Å². The van der Waals surface area contributed by atoms with Gasteiger partial charge in [-0.25, -0.2) is 8.42 Å². The first-order valence-electron chi connectivity index (χ1n) is 10.5. The van der Waals surface area contributed by atoms with Crippen molar-refractivity contribution >= 4 is 27.3 Å². The van der Waals surface area contributed by atoms with Gasteiger partial charge in [-0.2, -0.15) is 9.29 Å². The molecule has 178 valence electrons. The molecule has 0 saturated carbocycles. The van der Waals surface area contributed by atoms with Crippen molar-refractivity contribution in [2.75, 3.05) is 13.2 Å². The van der Waals surface area contributed by atoms with E-state index in [2.05, 4.69) is 10.1 Å². The van der Waals surface area contributed by atoms with Gasteiger partial charge < -0.3 is 9.63 Å². The van der Waals surface area contributed by atoms with Gasteiger partial charge in [-0.1, -0.05) is 19.0 Å². The van der Waals surface area contributed by atoms with E-state index in [1.165, 1.54) is 35.6 Å². The first kappa shape index (κ1) is 25.0. The van der Waals surface area contributed by atoms with Crippen LogP contribution in [-0.4, -0.2) is 53.2 Å². The number of hydrogen-bond donors (Lipinski definition) is 1. The Morgan fingerprint density at radius 1 is 1.18 bits per heavy atom. The Hall–Kier alpha value is -2.63. The molecule has 11 heteroatoms. The van der Waals surface area contributed by atoms with E-state index in [1.807, 2.05) is 19.1 Å². The van der Waals surface area contributed by atoms with Crippen LogP contribution >= 0.6 is 11.3 Å². The third-order valence-corrected chi connectivity index (χ3v) is 7.94. The van der Waals surface area contributed by atoms with Gasteiger partial charge in [-0.15, -0.1) is 11.3 Å². The molecule has 0 radical (unpaired) electrons. The van der Waals surface area contributed by atoms with Crippen LogP contribution in [0.3, 0.4) is 0 Å². The quantitative estimate of drug-likeness (QED) is 0.386. The molecular formula is C22H26FN3O5S2. The molecule has 0 aliphatic carbocycles. The summed E-state index contributed by atoms with van der Waals surface area (Å²) in [6.45, 7) is 4.57. The molecule has 1 N–H and O–H groups in total. The van der Waals surface area contributed by atoms with Gasteiger partial charge in [0, 0.05) is 17.0 Å². The number of aliphatic carboxylic acids is 1. The molecule has 0 aliphatic heterocycles. The number of benzene rings is 1. The molecule has 8 nitrogen and oxygen atoms in total. The van der Waals surface area contributed by atoms with Crippen molar-refractivity contribution in [3.63, 3.8) is 0 Å². The minimum Gasteiger partial charge on any atom is -0.480 e. The van der Waals surface area contributed by atoms with E-state index in [0.29, 0.717) is 11.4 Å². The smallest absolute Gasteiger partial charge is 0.322 e. The summed E-state index contributed by atoms with van der Waals surface area (Å²) in [6.07, 6.45) is 0.371. The number of sulfonamides is 1. The summed E-state index contributed by atoms with van der Waals surface area (Å²) < 4.78 is 45.5. The Balaban J connectivity index is 1.89. The molecule has 1 atom stereocenters. The normalized spacial score (nSPS) is 13.0. The molecule has 3 aromatic rings. The molecule has 2 heterocycles. The second-order valence-electron chi connectivity index (χ2n) is 7.90. The molecule has 0 spiro atoms. The summed E-state index contributed by atoms with van der Waals surface area (Å²) in [7, 11) is -4.14. The van der Waals surface area contributed by atoms with Gasteiger partial charge in [0.1, 0.15) is 6.04 Å². The first-order valence-corrected chi connectivity index (χ1v) is 12.7. The minimum atomic E-state index is -4.14. The molecular weight excluding hydrogens is 469 g/mol. The predicted octanol–water partition coefficient (Wildman–Crippen LogP) is 4.62. The number of nitrogens with zero attached hydrogens (tertiary/aromatic N) is 3. The lowest BCUT2D eigenvalue weighted by molar-refractivity contribution is -0.143. The number of rotatable bonds is 11. The number of carboxylic acids is 1. The van der Waals surface area contributed by atoms with Crippen molar-refractivity contribution in [3.05, 3.63) is 41.3 Å². The Labute approximate surface area is 196 Å². The number of carbonyl (C=O) groups is 1. The summed E-state index contributed by atoms with van der Waals surface area (Å²) in [4.78, 5) is 18.1. The van der Waals surface area contributed by atoms with Gasteiger partial charge in [-0.05, 0) is 62.1 Å². The average Bonchev–Trinajstić information content (AvgIpc) is 3.42. The third-order valence-electron chi connectivity index (χ3n) is 5.05. The van der Waals surface area contributed by atoms with Crippen molar-refractivity contribution in [1.82, 2.24) is 14.4 Å². The average molecular weight is 496 g/mol. The Bertz CT molecular complexity index is 1190. The summed E-state index contributed by atoms with van der Waals surface area (Å²) in [6, 6.07) is 8.42. The van der Waals surface area contributed by atoms with Gasteiger partial charge in [0.25, 0.3) is 5.89 Å². The lowest BCUT2D eigenvalue weighted by Gasteiger charge is -2.30. The van der Waals surface area contributed by atoms with Gasteiger partial charge in [0.05, 0.1) is 16.4 Å². The van der Waals surface area contributed by atoms with E-state index in [1.54, 1.807) is 13.8 Å². The van der Waals surface area contributed by atoms with Crippen molar-refractivity contribution in [1.29, 1.82) is 0 Å². The van der Waals surface area contributed by atoms with Crippen LogP contribution in [0.25, 0.3) is 22.2 Å². The van der Waals surface area contributed by atoms with Gasteiger partial charge in [0.15, 0.2) is 0 Å². The van der Waals surface area contributed by atoms with Gasteiger partial charge in [0.2, 0.25) is 15.8 Å². The first-order chi connectivity index (χ1) is 15.6. The molecule has 0 aliphatic rings. The number of halogens is 1. The number of thiophene rings is 1. The van der Waals surface area contributed by atoms with Crippen molar-refractivity contribution in [2.24, 2.45) is 5.92 Å². The van der Waals surface area contributed by atoms with Crippen molar-refractivity contribution in [2.45, 2.75) is 44.6 Å². The molecule has 3 rings (SSSR count). The Morgan fingerprint density at radius 3 is 2.42 bits per heavy atom. The van der Waals surface area contributed by atoms with E-state index >= 15 is 0 Å². The van der Waals surface area contributed by atoms with E-state index < -0.39 is 34.6 Å². The Morgan fingerprint density at radius 2 is 1.88 bits per heavy atom. The fourth-order valence-corrected chi connectivity index (χ4v) is 5.96. The molecule has 0 amide bonds. The lowest BCUT2D eigenvalue weighted by atomic mass is 10.0. The topological polar surface area (TPSA) is 114 Å². The van der Waals surface area contributed by atoms with Gasteiger partial charge in [-0.3, -0.25) is 9.18 Å². The van der Waals surface area contributed by atoms with Crippen LogP contribution in [0.5, 0.6) is 0 Å². The SMILES string of the molecule is Cc1ccc(-c2noc(-c3ccc(S(=O)(=O)N(CCCCF)[C@@H](C(=O)O)C(C)C)cc3)n2)s1. The number of carboxylic acid groups (broad SMARTS) is 1. The molecule has 2 aromatic heterocycles. The third kappa shape index (κ3) is 5.66. The van der Waals surface area contributed by atoms with Gasteiger partial charge >= 0.3 is 5.97 Å². The molecule has 0 unspecified atom stereocenters. The van der Waals surface area contributed by atoms with Crippen LogP contribution in [-0.2, 0) is 14.8 Å². The second-order valence-corrected chi connectivity index (χ2v) is 11.1. The monoisotopic (exact) mass is 495 g/mol. The highest BCUT2D eigenvalue weighted by Crippen LogP contribution is 2.29. The van der Waals surface area contributed by atoms with Crippen LogP contribution < -0.4 is 0 Å². The number of unbranched alkanes of at least 4 members (excludes halogenated alkanes) is 1. The maximum atomic E-state index is 13.3. The van der Waals surface area contributed by atoms with Crippen LogP contribution in [0.4, 0.5) is 4.39 Å². The van der Waals surface area contributed by atoms with Crippen molar-refractivity contribution in [3.8, 4) is 22.2 Å². The highest BCUT2D eigenvalue weighted by molar-refractivity contribution is 7.89. The molecule has 1 aromatic carbocycles. The number of alkyl halides is 1. The number of aryl methyl sites for hydroxylation is 1. The maximum absolute atomic E-state index is 13.3. The lowest BCUT2D eigenvalue weighted by Crippen LogP contribution is -2.48. The van der Waals surface area contributed by atoms with Crippen LogP contribution in [0.2, 0.25) is 0 Å². The predicted molar refractivity (Wildman–Crippen MR) is 123 cm³/mol. The van der Waals surface area contributed by atoms with E-state index in [9.17, 15) is 22.7 Å². The summed E-state index contributed by atoms with van der Waals surface area (Å²) in [5.74, 6) is -1.03. The van der Waals surface area contributed by atoms with E-state index in [4.69, 9.17) is 4.52 Å². The number of hydrogen-bond acceptors (Lipinski definition) is 7. The fourth-order valence-electron chi connectivity index (χ4n) is 3.41. The molecule has 0 bridgehead atoms. The van der Waals surface area contributed by atoms with Crippen LogP contribution in [0.1, 0.15) is 31.6 Å². The summed E-state index contributed by atoms with van der Waals surface area (Å²) in [5.41, 5.74) is 0.531. The molecule has 0 fully saturated rings. The fraction of sp³-hybridized carbons (Fsp3) is 0.409. The maximum Gasteiger partial charge on any atom is 0.322 e. The largest absolute Gasteiger partial charge is 0.480 e. The zero-order chi connectivity index (χ0) is 24.2. The standard InChI is InChI=1S/C22H26FN3O5S2/c1-14(2)19(22(27)28)26(13-5-4-12-23)33(29,30)17-9-7-16(8-10-17)21-24-20(25-31-21)18-11-6-15(3)32-18/h6-11,14,19H,4-5,12-13H2,1-3H3,(H,27,28)/t19-/m1/s1. The molecule has 0 saturated heterocycles. The van der Waals surface area contributed by atoms with E-state index in [-0.39, 0.29) is 30.2 Å². The zero-order valence-corrected chi connectivity index (χ0v) is 20.2. The van der Waals surface area contributed by atoms with Crippen LogP contribution in [0.15, 0.2) is 45.8 Å². The highest BCUT2D eigenvalue weighted by atomic mass is 32.2. The summed E-state index contributed by atoms with van der Waals surface area (Å²) >= 11 is 1.53.